The van der Waals surface area contributed by atoms with Gasteiger partial charge in [0.25, 0.3) is 23.6 Å². The fraction of sp³-hybridized carbons (Fsp3) is 0.111. The van der Waals surface area contributed by atoms with Gasteiger partial charge in [-0.1, -0.05) is 119 Å². The van der Waals surface area contributed by atoms with E-state index in [1.54, 1.807) is 24.3 Å². The lowest BCUT2D eigenvalue weighted by Crippen LogP contribution is -2.53. The fourth-order valence-corrected chi connectivity index (χ4v) is 9.71. The number of rotatable bonds is 12. The number of nitrogens with zero attached hydrogens (tertiary/aromatic N) is 2. The molecule has 2 atom stereocenters. The van der Waals surface area contributed by atoms with Crippen molar-refractivity contribution in [2.45, 2.75) is 23.3 Å². The molecule has 6 aromatic carbocycles. The molecule has 0 aromatic heterocycles. The van der Waals surface area contributed by atoms with E-state index in [9.17, 15) is 39.0 Å². The first-order chi connectivity index (χ1) is 27.5. The number of hydrogen-bond donors (Lipinski definition) is 2. The van der Waals surface area contributed by atoms with Gasteiger partial charge in [0.1, 0.15) is 12.1 Å². The quantitative estimate of drug-likeness (QED) is 0.0936. The zero-order valence-corrected chi connectivity index (χ0v) is 32.3. The second-order valence-corrected chi connectivity index (χ2v) is 15.8. The summed E-state index contributed by atoms with van der Waals surface area (Å²) in [4.78, 5) is 84.3. The van der Waals surface area contributed by atoms with Gasteiger partial charge in [-0.25, -0.2) is 9.59 Å². The Morgan fingerprint density at radius 2 is 0.877 bits per heavy atom. The van der Waals surface area contributed by atoms with Crippen molar-refractivity contribution in [3.05, 3.63) is 189 Å². The minimum Gasteiger partial charge on any atom is -0.480 e. The van der Waals surface area contributed by atoms with Crippen LogP contribution in [0.4, 0.5) is 0 Å². The van der Waals surface area contributed by atoms with E-state index in [-0.39, 0.29) is 45.2 Å². The fourth-order valence-electron chi connectivity index (χ4n) is 7.84. The number of carbonyl (C=O) groups is 6. The molecule has 0 saturated heterocycles. The topological polar surface area (TPSA) is 149 Å². The smallest absolute Gasteiger partial charge is 0.327 e. The molecule has 0 aliphatic carbocycles. The summed E-state index contributed by atoms with van der Waals surface area (Å²) in [6, 6.07) is 37.8. The molecule has 2 heterocycles. The van der Waals surface area contributed by atoms with Crippen LogP contribution >= 0.6 is 27.7 Å². The molecule has 0 spiro atoms. The molecule has 6 aromatic rings. The molecule has 2 aliphatic rings. The number of carboxylic acid groups (broad SMARTS) is 2. The van der Waals surface area contributed by atoms with Crippen LogP contribution in [0.5, 0.6) is 0 Å². The maximum absolute atomic E-state index is 14.4. The lowest BCUT2D eigenvalue weighted by Gasteiger charge is -2.38. The maximum atomic E-state index is 14.4. The number of amides is 4. The standard InChI is InChI=1S/C45H31BrN2O8S/c46-30-18-16-26(17-19-30)24-35(43(53)54)47-39(49)31-20-22-33-38-34(23-21-32(37(31)38)40(47)50)42(52)48(41(33)51)36(44(55)56)25-57-45(27-10-4-1-5-11-27,28-12-6-2-7-13-28)29-14-8-3-9-15-29/h1-23,35-36H,24-25H2,(H,53,54)(H,55,56)/t35-,36-/m0/s1. The van der Waals surface area contributed by atoms with E-state index < -0.39 is 52.4 Å². The molecule has 0 bridgehead atoms. The molecule has 8 rings (SSSR count). The summed E-state index contributed by atoms with van der Waals surface area (Å²) in [5.41, 5.74) is 2.96. The van der Waals surface area contributed by atoms with Crippen LogP contribution in [0.15, 0.2) is 144 Å². The number of aliphatic carboxylic acids is 2. The van der Waals surface area contributed by atoms with Crippen LogP contribution in [0.25, 0.3) is 10.8 Å². The summed E-state index contributed by atoms with van der Waals surface area (Å²) in [5, 5.41) is 21.1. The van der Waals surface area contributed by atoms with Gasteiger partial charge in [0.2, 0.25) is 0 Å². The summed E-state index contributed by atoms with van der Waals surface area (Å²) in [7, 11) is 0. The Kier molecular flexibility index (Phi) is 9.84. The molecule has 0 saturated carbocycles. The normalized spacial score (nSPS) is 14.8. The van der Waals surface area contributed by atoms with Crippen LogP contribution < -0.4 is 0 Å². The van der Waals surface area contributed by atoms with Crippen molar-refractivity contribution in [3.8, 4) is 0 Å². The third-order valence-electron chi connectivity index (χ3n) is 10.5. The molecule has 12 heteroatoms. The van der Waals surface area contributed by atoms with Crippen LogP contribution in [0.1, 0.15) is 63.7 Å². The Balaban J connectivity index is 1.18. The molecule has 0 unspecified atom stereocenters. The molecule has 0 radical (unpaired) electrons. The Bertz CT molecular complexity index is 2450. The Morgan fingerprint density at radius 3 is 1.23 bits per heavy atom. The third kappa shape index (κ3) is 6.31. The van der Waals surface area contributed by atoms with Crippen molar-refractivity contribution in [2.75, 3.05) is 5.75 Å². The van der Waals surface area contributed by atoms with E-state index in [4.69, 9.17) is 0 Å². The number of thioether (sulfide) groups is 1. The van der Waals surface area contributed by atoms with Gasteiger partial charge in [-0.15, -0.1) is 11.8 Å². The van der Waals surface area contributed by atoms with Crippen LogP contribution in [0.3, 0.4) is 0 Å². The highest BCUT2D eigenvalue weighted by Crippen LogP contribution is 2.49. The van der Waals surface area contributed by atoms with Gasteiger partial charge in [0.15, 0.2) is 0 Å². The van der Waals surface area contributed by atoms with E-state index in [2.05, 4.69) is 15.9 Å². The van der Waals surface area contributed by atoms with Crippen molar-refractivity contribution >= 4 is 74.0 Å². The van der Waals surface area contributed by atoms with Crippen LogP contribution in [-0.4, -0.2) is 73.4 Å². The summed E-state index contributed by atoms with van der Waals surface area (Å²) in [5.74, 6) is -6.55. The molecule has 57 heavy (non-hydrogen) atoms. The Labute approximate surface area is 338 Å². The predicted molar refractivity (Wildman–Crippen MR) is 217 cm³/mol. The van der Waals surface area contributed by atoms with Crippen molar-refractivity contribution in [1.29, 1.82) is 0 Å². The van der Waals surface area contributed by atoms with Gasteiger partial charge in [0, 0.05) is 49.7 Å². The Hall–Kier alpha value is -6.37. The monoisotopic (exact) mass is 838 g/mol. The minimum absolute atomic E-state index is 0.0429. The number of carbonyl (C=O) groups excluding carboxylic acids is 4. The highest BCUT2D eigenvalue weighted by atomic mass is 79.9. The first-order valence-corrected chi connectivity index (χ1v) is 19.7. The predicted octanol–water partition coefficient (Wildman–Crippen LogP) is 7.67. The zero-order chi connectivity index (χ0) is 40.0. The number of hydrogen-bond acceptors (Lipinski definition) is 7. The van der Waals surface area contributed by atoms with Gasteiger partial charge in [-0.2, -0.15) is 0 Å². The lowest BCUT2D eigenvalue weighted by molar-refractivity contribution is -0.142. The van der Waals surface area contributed by atoms with Gasteiger partial charge in [-0.05, 0) is 58.7 Å². The van der Waals surface area contributed by atoms with E-state index in [1.807, 2.05) is 91.0 Å². The summed E-state index contributed by atoms with van der Waals surface area (Å²) in [6.07, 6.45) is -0.157. The molecule has 4 amide bonds. The van der Waals surface area contributed by atoms with Crippen LogP contribution in [-0.2, 0) is 20.8 Å². The van der Waals surface area contributed by atoms with Gasteiger partial charge in [0.05, 0.1) is 4.75 Å². The highest BCUT2D eigenvalue weighted by Gasteiger charge is 2.47. The van der Waals surface area contributed by atoms with E-state index in [1.165, 1.54) is 36.0 Å². The number of benzene rings is 6. The van der Waals surface area contributed by atoms with E-state index in [0.29, 0.717) is 10.5 Å². The van der Waals surface area contributed by atoms with Crippen molar-refractivity contribution in [2.24, 2.45) is 0 Å². The van der Waals surface area contributed by atoms with Crippen LogP contribution in [0.2, 0.25) is 0 Å². The first-order valence-electron chi connectivity index (χ1n) is 17.9. The van der Waals surface area contributed by atoms with Crippen LogP contribution in [0, 0.1) is 0 Å². The molecule has 2 N–H and O–H groups in total. The van der Waals surface area contributed by atoms with Gasteiger partial charge >= 0.3 is 11.9 Å². The molecule has 282 valence electrons. The SMILES string of the molecule is O=C(O)[C@H](CSC(c1ccccc1)(c1ccccc1)c1ccccc1)N1C(=O)c2ccc3c4c(ccc(c24)C1=O)C(=O)N([C@@H](Cc1ccc(Br)cc1)C(=O)O)C3=O. The molecule has 10 nitrogen and oxygen atoms in total. The maximum Gasteiger partial charge on any atom is 0.327 e. The molecular weight excluding hydrogens is 808 g/mol. The zero-order valence-electron chi connectivity index (χ0n) is 29.9. The first kappa shape index (κ1) is 37.5. The van der Waals surface area contributed by atoms with Gasteiger partial charge in [-0.3, -0.25) is 29.0 Å². The highest BCUT2D eigenvalue weighted by molar-refractivity contribution is 9.10. The summed E-state index contributed by atoms with van der Waals surface area (Å²) < 4.78 is -0.178. The minimum atomic E-state index is -1.63. The summed E-state index contributed by atoms with van der Waals surface area (Å²) >= 11 is 4.63. The summed E-state index contributed by atoms with van der Waals surface area (Å²) in [6.45, 7) is 0. The van der Waals surface area contributed by atoms with E-state index >= 15 is 0 Å². The van der Waals surface area contributed by atoms with Crippen molar-refractivity contribution < 1.29 is 39.0 Å². The third-order valence-corrected chi connectivity index (χ3v) is 12.6. The average molecular weight is 840 g/mol. The lowest BCUT2D eigenvalue weighted by atomic mass is 9.84. The molecule has 0 fully saturated rings. The number of halogens is 1. The second-order valence-electron chi connectivity index (χ2n) is 13.7. The molecular formula is C45H31BrN2O8S. The number of carboxylic acids is 2. The Morgan fingerprint density at radius 1 is 0.526 bits per heavy atom. The largest absolute Gasteiger partial charge is 0.480 e. The van der Waals surface area contributed by atoms with Crippen molar-refractivity contribution in [1.82, 2.24) is 9.80 Å². The van der Waals surface area contributed by atoms with Crippen molar-refractivity contribution in [3.63, 3.8) is 0 Å². The second kappa shape index (κ2) is 14.9. The van der Waals surface area contributed by atoms with E-state index in [0.717, 1.165) is 26.1 Å². The number of imide groups is 2. The molecule has 2 aliphatic heterocycles. The average Bonchev–Trinajstić information content (AvgIpc) is 3.23. The van der Waals surface area contributed by atoms with Gasteiger partial charge < -0.3 is 10.2 Å².